The van der Waals surface area contributed by atoms with E-state index >= 15 is 0 Å². The Morgan fingerprint density at radius 3 is 2.75 bits per heavy atom. The third kappa shape index (κ3) is 3.23. The van der Waals surface area contributed by atoms with E-state index in [9.17, 15) is 4.79 Å². The molecule has 0 fully saturated rings. The van der Waals surface area contributed by atoms with Crippen LogP contribution in [0.3, 0.4) is 0 Å². The van der Waals surface area contributed by atoms with Crippen molar-refractivity contribution >= 4 is 17.2 Å². The summed E-state index contributed by atoms with van der Waals surface area (Å²) < 4.78 is 1.68. The van der Waals surface area contributed by atoms with Gasteiger partial charge in [0.05, 0.1) is 22.9 Å². The van der Waals surface area contributed by atoms with Crippen LogP contribution in [0.5, 0.6) is 0 Å². The molecule has 2 aromatic heterocycles. The maximum Gasteiger partial charge on any atom is 0.242 e. The molecule has 2 N–H and O–H groups in total. The maximum atomic E-state index is 12.3. The Bertz CT molecular complexity index is 591. The van der Waals surface area contributed by atoms with E-state index in [1.165, 1.54) is 0 Å². The maximum absolute atomic E-state index is 12.3. The van der Waals surface area contributed by atoms with Gasteiger partial charge in [0.15, 0.2) is 0 Å². The standard InChI is InChI=1S/C13H19N5OS/c1-8(11-7-20-9(2)17-11)16-13(19)12(14-3)10-5-15-18(4)6-10/h5-8,12,14H,1-4H3,(H,16,19). The van der Waals surface area contributed by atoms with Gasteiger partial charge >= 0.3 is 0 Å². The van der Waals surface area contributed by atoms with Gasteiger partial charge in [0, 0.05) is 24.2 Å². The van der Waals surface area contributed by atoms with Crippen molar-refractivity contribution in [3.05, 3.63) is 34.0 Å². The van der Waals surface area contributed by atoms with E-state index in [0.29, 0.717) is 0 Å². The first-order valence-corrected chi connectivity index (χ1v) is 7.27. The van der Waals surface area contributed by atoms with Gasteiger partial charge in [-0.1, -0.05) is 0 Å². The molecule has 2 aromatic rings. The van der Waals surface area contributed by atoms with Crippen LogP contribution in [0, 0.1) is 6.92 Å². The number of likely N-dealkylation sites (N-methyl/N-ethyl adjacent to an activating group) is 1. The first-order chi connectivity index (χ1) is 9.51. The highest BCUT2D eigenvalue weighted by molar-refractivity contribution is 7.09. The molecule has 6 nitrogen and oxygen atoms in total. The summed E-state index contributed by atoms with van der Waals surface area (Å²) in [5.74, 6) is -0.0846. The topological polar surface area (TPSA) is 71.8 Å². The van der Waals surface area contributed by atoms with Crippen LogP contribution in [0.1, 0.15) is 35.3 Å². The lowest BCUT2D eigenvalue weighted by Gasteiger charge is -2.18. The summed E-state index contributed by atoms with van der Waals surface area (Å²) >= 11 is 1.58. The first kappa shape index (κ1) is 14.7. The normalized spacial score (nSPS) is 14.0. The van der Waals surface area contributed by atoms with Crippen LogP contribution in [-0.4, -0.2) is 27.7 Å². The van der Waals surface area contributed by atoms with Gasteiger partial charge in [-0.25, -0.2) is 4.98 Å². The molecule has 2 unspecified atom stereocenters. The molecule has 20 heavy (non-hydrogen) atoms. The second-order valence-electron chi connectivity index (χ2n) is 4.69. The SMILES string of the molecule is CNC(C(=O)NC(C)c1csc(C)n1)c1cnn(C)c1. The predicted molar refractivity (Wildman–Crippen MR) is 78.4 cm³/mol. The fraction of sp³-hybridized carbons (Fsp3) is 0.462. The number of carbonyl (C=O) groups is 1. The van der Waals surface area contributed by atoms with Crippen LogP contribution in [-0.2, 0) is 11.8 Å². The average Bonchev–Trinajstić information content (AvgIpc) is 2.99. The predicted octanol–water partition coefficient (Wildman–Crippen LogP) is 1.32. The van der Waals surface area contributed by atoms with Gasteiger partial charge < -0.3 is 10.6 Å². The minimum Gasteiger partial charge on any atom is -0.346 e. The Kier molecular flexibility index (Phi) is 4.51. The molecule has 0 aliphatic carbocycles. The second-order valence-corrected chi connectivity index (χ2v) is 5.75. The van der Waals surface area contributed by atoms with Crippen LogP contribution in [0.2, 0.25) is 0 Å². The molecule has 0 radical (unpaired) electrons. The van der Waals surface area contributed by atoms with Crippen LogP contribution >= 0.6 is 11.3 Å². The Balaban J connectivity index is 2.06. The van der Waals surface area contributed by atoms with Gasteiger partial charge in [-0.05, 0) is 20.9 Å². The zero-order valence-corrected chi connectivity index (χ0v) is 12.9. The molecule has 0 bridgehead atoms. The molecule has 1 amide bonds. The van der Waals surface area contributed by atoms with Gasteiger partial charge in [0.25, 0.3) is 0 Å². The number of rotatable bonds is 5. The van der Waals surface area contributed by atoms with E-state index in [1.807, 2.05) is 32.5 Å². The van der Waals surface area contributed by atoms with Gasteiger partial charge in [-0.2, -0.15) is 5.10 Å². The minimum atomic E-state index is -0.411. The van der Waals surface area contributed by atoms with E-state index in [1.54, 1.807) is 29.3 Å². The van der Waals surface area contributed by atoms with Crippen molar-refractivity contribution in [2.45, 2.75) is 25.9 Å². The lowest BCUT2D eigenvalue weighted by atomic mass is 10.1. The van der Waals surface area contributed by atoms with Crippen molar-refractivity contribution in [3.63, 3.8) is 0 Å². The molecule has 2 atom stereocenters. The molecule has 0 aromatic carbocycles. The third-order valence-electron chi connectivity index (χ3n) is 3.05. The number of carbonyl (C=O) groups excluding carboxylic acids is 1. The van der Waals surface area contributed by atoms with E-state index in [2.05, 4.69) is 20.7 Å². The highest BCUT2D eigenvalue weighted by Gasteiger charge is 2.22. The van der Waals surface area contributed by atoms with E-state index in [-0.39, 0.29) is 11.9 Å². The molecule has 0 aliphatic rings. The number of nitrogens with zero attached hydrogens (tertiary/aromatic N) is 3. The van der Waals surface area contributed by atoms with Gasteiger partial charge in [0.2, 0.25) is 5.91 Å². The first-order valence-electron chi connectivity index (χ1n) is 6.39. The Morgan fingerprint density at radius 1 is 1.50 bits per heavy atom. The summed E-state index contributed by atoms with van der Waals surface area (Å²) in [5, 5.41) is 13.0. The number of aryl methyl sites for hydroxylation is 2. The molecule has 0 saturated heterocycles. The summed E-state index contributed by atoms with van der Waals surface area (Å²) in [5.41, 5.74) is 1.73. The van der Waals surface area contributed by atoms with Gasteiger partial charge in [-0.15, -0.1) is 11.3 Å². The summed E-state index contributed by atoms with van der Waals surface area (Å²) in [4.78, 5) is 16.7. The Labute approximate surface area is 122 Å². The van der Waals surface area contributed by atoms with E-state index in [0.717, 1.165) is 16.3 Å². The van der Waals surface area contributed by atoms with Crippen LogP contribution < -0.4 is 10.6 Å². The number of aromatic nitrogens is 3. The fourth-order valence-electron chi connectivity index (χ4n) is 1.99. The zero-order valence-electron chi connectivity index (χ0n) is 12.0. The summed E-state index contributed by atoms with van der Waals surface area (Å²) in [7, 11) is 3.59. The molecule has 2 heterocycles. The van der Waals surface area contributed by atoms with Crippen molar-refractivity contribution in [2.24, 2.45) is 7.05 Å². The van der Waals surface area contributed by atoms with E-state index < -0.39 is 6.04 Å². The lowest BCUT2D eigenvalue weighted by Crippen LogP contribution is -2.37. The molecule has 7 heteroatoms. The number of thiazole rings is 1. The molecule has 0 saturated carbocycles. The molecular formula is C13H19N5OS. The molecule has 108 valence electrons. The lowest BCUT2D eigenvalue weighted by molar-refractivity contribution is -0.123. The molecule has 0 spiro atoms. The monoisotopic (exact) mass is 293 g/mol. The van der Waals surface area contributed by atoms with Crippen molar-refractivity contribution in [1.29, 1.82) is 0 Å². The van der Waals surface area contributed by atoms with Crippen LogP contribution in [0.15, 0.2) is 17.8 Å². The van der Waals surface area contributed by atoms with Crippen LogP contribution in [0.4, 0.5) is 0 Å². The van der Waals surface area contributed by atoms with E-state index in [4.69, 9.17) is 0 Å². The minimum absolute atomic E-state index is 0.0846. The summed E-state index contributed by atoms with van der Waals surface area (Å²) in [6, 6.07) is -0.522. The largest absolute Gasteiger partial charge is 0.346 e. The van der Waals surface area contributed by atoms with Crippen molar-refractivity contribution in [2.75, 3.05) is 7.05 Å². The Hall–Kier alpha value is -1.73. The second kappa shape index (κ2) is 6.15. The molecule has 0 aliphatic heterocycles. The van der Waals surface area contributed by atoms with Gasteiger partial charge in [0.1, 0.15) is 6.04 Å². The van der Waals surface area contributed by atoms with Crippen molar-refractivity contribution < 1.29 is 4.79 Å². The van der Waals surface area contributed by atoms with Crippen molar-refractivity contribution in [3.8, 4) is 0 Å². The summed E-state index contributed by atoms with van der Waals surface area (Å²) in [6.07, 6.45) is 3.52. The third-order valence-corrected chi connectivity index (χ3v) is 3.84. The summed E-state index contributed by atoms with van der Waals surface area (Å²) in [6.45, 7) is 3.89. The quantitative estimate of drug-likeness (QED) is 0.872. The number of hydrogen-bond acceptors (Lipinski definition) is 5. The van der Waals surface area contributed by atoms with Crippen molar-refractivity contribution in [1.82, 2.24) is 25.4 Å². The Morgan fingerprint density at radius 2 is 2.25 bits per heavy atom. The zero-order chi connectivity index (χ0) is 14.7. The number of nitrogens with one attached hydrogen (secondary N) is 2. The molecular weight excluding hydrogens is 274 g/mol. The van der Waals surface area contributed by atoms with Crippen LogP contribution in [0.25, 0.3) is 0 Å². The smallest absolute Gasteiger partial charge is 0.242 e. The molecule has 2 rings (SSSR count). The average molecular weight is 293 g/mol. The number of amides is 1. The highest BCUT2D eigenvalue weighted by Crippen LogP contribution is 2.18. The fourth-order valence-corrected chi connectivity index (χ4v) is 2.69. The highest BCUT2D eigenvalue weighted by atomic mass is 32.1. The number of hydrogen-bond donors (Lipinski definition) is 2. The van der Waals surface area contributed by atoms with Gasteiger partial charge in [-0.3, -0.25) is 9.48 Å².